The number of hydrogen-bond acceptors (Lipinski definition) is 4. The van der Waals surface area contributed by atoms with Gasteiger partial charge in [0.05, 0.1) is 4.90 Å². The van der Waals surface area contributed by atoms with Gasteiger partial charge in [-0.15, -0.1) is 0 Å². The predicted octanol–water partition coefficient (Wildman–Crippen LogP) is 3.15. The van der Waals surface area contributed by atoms with E-state index in [1.54, 1.807) is 36.4 Å². The highest BCUT2D eigenvalue weighted by Crippen LogP contribution is 2.16. The van der Waals surface area contributed by atoms with E-state index in [-0.39, 0.29) is 29.0 Å². The van der Waals surface area contributed by atoms with Gasteiger partial charge < -0.3 is 10.6 Å². The smallest absolute Gasteiger partial charge is 0.240 e. The zero-order valence-electron chi connectivity index (χ0n) is 16.9. The Labute approximate surface area is 172 Å². The monoisotopic (exact) mass is 417 g/mol. The Kier molecular flexibility index (Phi) is 7.92. The molecule has 0 aliphatic rings. The van der Waals surface area contributed by atoms with Crippen LogP contribution >= 0.6 is 0 Å². The minimum atomic E-state index is -3.46. The molecular weight excluding hydrogens is 390 g/mol. The highest BCUT2D eigenvalue weighted by molar-refractivity contribution is 7.89. The van der Waals surface area contributed by atoms with E-state index in [4.69, 9.17) is 0 Å². The van der Waals surface area contributed by atoms with E-state index in [2.05, 4.69) is 15.4 Å². The first-order valence-corrected chi connectivity index (χ1v) is 10.9. The Balaban J connectivity index is 1.84. The fourth-order valence-corrected chi connectivity index (χ4v) is 3.38. The second-order valence-corrected chi connectivity index (χ2v) is 9.01. The zero-order chi connectivity index (χ0) is 21.4. The number of aryl methyl sites for hydroxylation is 1. The summed E-state index contributed by atoms with van der Waals surface area (Å²) >= 11 is 0. The molecule has 0 heterocycles. The lowest BCUT2D eigenvalue weighted by atomic mass is 10.1. The molecule has 0 aliphatic heterocycles. The number of carbonyl (C=O) groups is 2. The summed E-state index contributed by atoms with van der Waals surface area (Å²) in [4.78, 5) is 24.1. The molecule has 2 rings (SSSR count). The molecule has 7 nitrogen and oxygen atoms in total. The standard InChI is InChI=1S/C21H27N3O4S/c1-15(2)14-21(26)24-18-9-7-17(8-10-18)23-20(25)13-6-16-4-11-19(12-5-16)29(27,28)22-3/h4-5,7-12,15,22H,6,13-14H2,1-3H3,(H,23,25)(H,24,26). The highest BCUT2D eigenvalue weighted by Gasteiger charge is 2.11. The molecule has 0 saturated heterocycles. The van der Waals surface area contributed by atoms with Crippen LogP contribution in [0.4, 0.5) is 11.4 Å². The number of benzene rings is 2. The Bertz CT molecular complexity index is 937. The van der Waals surface area contributed by atoms with Crippen molar-refractivity contribution in [1.29, 1.82) is 0 Å². The van der Waals surface area contributed by atoms with Crippen molar-refractivity contribution in [3.63, 3.8) is 0 Å². The summed E-state index contributed by atoms with van der Waals surface area (Å²) in [7, 11) is -2.10. The number of carbonyl (C=O) groups excluding carboxylic acids is 2. The molecule has 0 fully saturated rings. The fourth-order valence-electron chi connectivity index (χ4n) is 2.65. The molecule has 156 valence electrons. The van der Waals surface area contributed by atoms with Crippen LogP contribution in [0.5, 0.6) is 0 Å². The summed E-state index contributed by atoms with van der Waals surface area (Å²) in [6, 6.07) is 13.4. The average Bonchev–Trinajstić information content (AvgIpc) is 2.67. The maximum absolute atomic E-state index is 12.2. The van der Waals surface area contributed by atoms with Crippen molar-refractivity contribution < 1.29 is 18.0 Å². The van der Waals surface area contributed by atoms with Crippen molar-refractivity contribution in [2.45, 2.75) is 38.0 Å². The quantitative estimate of drug-likeness (QED) is 0.583. The number of amides is 2. The van der Waals surface area contributed by atoms with Crippen LogP contribution < -0.4 is 15.4 Å². The van der Waals surface area contributed by atoms with Gasteiger partial charge in [0, 0.05) is 24.2 Å². The highest BCUT2D eigenvalue weighted by atomic mass is 32.2. The van der Waals surface area contributed by atoms with Crippen LogP contribution in [0.3, 0.4) is 0 Å². The van der Waals surface area contributed by atoms with Crippen LogP contribution in [0.2, 0.25) is 0 Å². The zero-order valence-corrected chi connectivity index (χ0v) is 17.7. The van der Waals surface area contributed by atoms with Crippen molar-refractivity contribution in [1.82, 2.24) is 4.72 Å². The third kappa shape index (κ3) is 7.32. The van der Waals surface area contributed by atoms with Crippen LogP contribution in [0.1, 0.15) is 32.3 Å². The molecule has 2 aromatic carbocycles. The van der Waals surface area contributed by atoms with Crippen molar-refractivity contribution in [2.75, 3.05) is 17.7 Å². The lowest BCUT2D eigenvalue weighted by molar-refractivity contribution is -0.117. The summed E-state index contributed by atoms with van der Waals surface area (Å²) < 4.78 is 25.7. The van der Waals surface area contributed by atoms with Crippen LogP contribution in [0.15, 0.2) is 53.4 Å². The summed E-state index contributed by atoms with van der Waals surface area (Å²) in [6.07, 6.45) is 1.22. The van der Waals surface area contributed by atoms with Gasteiger partial charge in [-0.05, 0) is 61.3 Å². The topological polar surface area (TPSA) is 104 Å². The predicted molar refractivity (Wildman–Crippen MR) is 114 cm³/mol. The molecule has 0 saturated carbocycles. The molecule has 2 amide bonds. The second kappa shape index (κ2) is 10.2. The van der Waals surface area contributed by atoms with Crippen LogP contribution in [0, 0.1) is 5.92 Å². The minimum absolute atomic E-state index is 0.0367. The summed E-state index contributed by atoms with van der Waals surface area (Å²) in [5.74, 6) is 0.108. The van der Waals surface area contributed by atoms with E-state index >= 15 is 0 Å². The van der Waals surface area contributed by atoms with E-state index in [1.807, 2.05) is 13.8 Å². The number of nitrogens with one attached hydrogen (secondary N) is 3. The fraction of sp³-hybridized carbons (Fsp3) is 0.333. The van der Waals surface area contributed by atoms with Crippen LogP contribution in [0.25, 0.3) is 0 Å². The number of sulfonamides is 1. The minimum Gasteiger partial charge on any atom is -0.326 e. The Hall–Kier alpha value is -2.71. The van der Waals surface area contributed by atoms with Gasteiger partial charge in [-0.3, -0.25) is 9.59 Å². The number of hydrogen-bond donors (Lipinski definition) is 3. The van der Waals surface area contributed by atoms with Gasteiger partial charge in [0.2, 0.25) is 21.8 Å². The van der Waals surface area contributed by atoms with E-state index in [9.17, 15) is 18.0 Å². The van der Waals surface area contributed by atoms with E-state index in [0.717, 1.165) is 5.56 Å². The lowest BCUT2D eigenvalue weighted by Gasteiger charge is -2.09. The molecule has 0 aliphatic carbocycles. The van der Waals surface area contributed by atoms with Crippen molar-refractivity contribution in [3.8, 4) is 0 Å². The normalized spacial score (nSPS) is 11.3. The van der Waals surface area contributed by atoms with Gasteiger partial charge in [-0.2, -0.15) is 0 Å². The molecule has 0 radical (unpaired) electrons. The van der Waals surface area contributed by atoms with Gasteiger partial charge in [-0.25, -0.2) is 13.1 Å². The largest absolute Gasteiger partial charge is 0.326 e. The average molecular weight is 418 g/mol. The molecule has 8 heteroatoms. The molecule has 0 atom stereocenters. The number of anilines is 2. The summed E-state index contributed by atoms with van der Waals surface area (Å²) in [6.45, 7) is 3.97. The Morgan fingerprint density at radius 3 is 1.86 bits per heavy atom. The first-order valence-electron chi connectivity index (χ1n) is 9.42. The third-order valence-electron chi connectivity index (χ3n) is 4.19. The third-order valence-corrected chi connectivity index (χ3v) is 5.62. The maximum atomic E-state index is 12.2. The molecular formula is C21H27N3O4S. The van der Waals surface area contributed by atoms with E-state index < -0.39 is 10.0 Å². The first-order chi connectivity index (χ1) is 13.7. The SMILES string of the molecule is CNS(=O)(=O)c1ccc(CCC(=O)Nc2ccc(NC(=O)CC(C)C)cc2)cc1. The molecule has 0 spiro atoms. The molecule has 29 heavy (non-hydrogen) atoms. The molecule has 3 N–H and O–H groups in total. The van der Waals surface area contributed by atoms with Gasteiger partial charge >= 0.3 is 0 Å². The van der Waals surface area contributed by atoms with E-state index in [0.29, 0.717) is 24.2 Å². The molecule has 0 bridgehead atoms. The summed E-state index contributed by atoms with van der Waals surface area (Å²) in [5.41, 5.74) is 2.20. The van der Waals surface area contributed by atoms with Gasteiger partial charge in [0.15, 0.2) is 0 Å². The second-order valence-electron chi connectivity index (χ2n) is 7.12. The van der Waals surface area contributed by atoms with Crippen molar-refractivity contribution >= 4 is 33.2 Å². The Morgan fingerprint density at radius 2 is 1.38 bits per heavy atom. The van der Waals surface area contributed by atoms with Crippen molar-refractivity contribution in [3.05, 3.63) is 54.1 Å². The van der Waals surface area contributed by atoms with Gasteiger partial charge in [0.25, 0.3) is 0 Å². The number of rotatable bonds is 9. The lowest BCUT2D eigenvalue weighted by Crippen LogP contribution is -2.18. The summed E-state index contributed by atoms with van der Waals surface area (Å²) in [5, 5.41) is 5.63. The Morgan fingerprint density at radius 1 is 0.862 bits per heavy atom. The molecule has 0 aromatic heterocycles. The molecule has 2 aromatic rings. The molecule has 0 unspecified atom stereocenters. The maximum Gasteiger partial charge on any atom is 0.240 e. The van der Waals surface area contributed by atoms with Crippen LogP contribution in [-0.4, -0.2) is 27.3 Å². The van der Waals surface area contributed by atoms with Crippen LogP contribution in [-0.2, 0) is 26.0 Å². The first kappa shape index (κ1) is 22.6. The van der Waals surface area contributed by atoms with Crippen molar-refractivity contribution in [2.24, 2.45) is 5.92 Å². The van der Waals surface area contributed by atoms with Gasteiger partial charge in [-0.1, -0.05) is 26.0 Å². The van der Waals surface area contributed by atoms with Gasteiger partial charge in [0.1, 0.15) is 0 Å². The van der Waals surface area contributed by atoms with E-state index in [1.165, 1.54) is 19.2 Å².